The molecule has 190 valence electrons. The van der Waals surface area contributed by atoms with Crippen LogP contribution in [0, 0.1) is 5.92 Å². The van der Waals surface area contributed by atoms with Crippen molar-refractivity contribution in [2.45, 2.75) is 27.2 Å². The fraction of sp³-hybridized carbons (Fsp3) is 0.226. The Morgan fingerprint density at radius 3 is 2.68 bits per heavy atom. The van der Waals surface area contributed by atoms with Crippen LogP contribution in [0.3, 0.4) is 0 Å². The molecule has 37 heavy (non-hydrogen) atoms. The van der Waals surface area contributed by atoms with E-state index in [0.29, 0.717) is 17.4 Å². The highest BCUT2D eigenvalue weighted by molar-refractivity contribution is 8.02. The van der Waals surface area contributed by atoms with Gasteiger partial charge in [0.1, 0.15) is 5.82 Å². The van der Waals surface area contributed by atoms with E-state index in [1.807, 2.05) is 38.0 Å². The van der Waals surface area contributed by atoms with Crippen LogP contribution < -0.4 is 10.6 Å². The molecule has 6 heteroatoms. The van der Waals surface area contributed by atoms with E-state index in [-0.39, 0.29) is 0 Å². The Morgan fingerprint density at radius 2 is 2.03 bits per heavy atom. The molecule has 1 aromatic carbocycles. The second kappa shape index (κ2) is 11.5. The maximum Gasteiger partial charge on any atom is 0.178 e. The minimum atomic E-state index is 0.324. The lowest BCUT2D eigenvalue weighted by Gasteiger charge is -2.16. The summed E-state index contributed by atoms with van der Waals surface area (Å²) in [6.07, 6.45) is 8.88. The molecule has 4 rings (SSSR count). The van der Waals surface area contributed by atoms with Gasteiger partial charge in [-0.15, -0.1) is 11.8 Å². The molecule has 0 amide bonds. The molecule has 0 spiro atoms. The first kappa shape index (κ1) is 26.3. The molecule has 1 aliphatic rings. The largest absolute Gasteiger partial charge is 0.388 e. The van der Waals surface area contributed by atoms with Crippen molar-refractivity contribution in [3.63, 3.8) is 0 Å². The number of anilines is 1. The SMILES string of the molecule is C=C/C(=C\C(=C/C)c1ccc(NC)c(C(=C)c2nc3nccc(C4=CSCC4)c3[nH]2)c1)NC(=C)C(C)C. The molecule has 0 radical (unpaired) electrons. The molecule has 0 aliphatic carbocycles. The third-order valence-electron chi connectivity index (χ3n) is 6.53. The number of nitrogens with one attached hydrogen (secondary N) is 3. The van der Waals surface area contributed by atoms with Crippen LogP contribution in [0.5, 0.6) is 0 Å². The number of benzene rings is 1. The monoisotopic (exact) mass is 509 g/mol. The predicted octanol–water partition coefficient (Wildman–Crippen LogP) is 7.77. The third-order valence-corrected chi connectivity index (χ3v) is 7.42. The van der Waals surface area contributed by atoms with Crippen molar-refractivity contribution in [2.75, 3.05) is 18.1 Å². The number of hydrogen-bond donors (Lipinski definition) is 3. The van der Waals surface area contributed by atoms with E-state index in [2.05, 4.69) is 96.0 Å². The fourth-order valence-electron chi connectivity index (χ4n) is 4.20. The van der Waals surface area contributed by atoms with Crippen molar-refractivity contribution in [3.8, 4) is 0 Å². The summed E-state index contributed by atoms with van der Waals surface area (Å²) in [5.41, 5.74) is 10.9. The van der Waals surface area contributed by atoms with Crippen LogP contribution in [-0.4, -0.2) is 27.8 Å². The summed E-state index contributed by atoms with van der Waals surface area (Å²) in [4.78, 5) is 12.8. The zero-order chi connectivity index (χ0) is 26.5. The maximum absolute atomic E-state index is 4.81. The molecule has 0 atom stereocenters. The van der Waals surface area contributed by atoms with E-state index < -0.39 is 0 Å². The summed E-state index contributed by atoms with van der Waals surface area (Å²) in [6, 6.07) is 8.40. The number of fused-ring (bicyclic) bond motifs is 1. The van der Waals surface area contributed by atoms with Gasteiger partial charge < -0.3 is 15.6 Å². The fourth-order valence-corrected chi connectivity index (χ4v) is 5.10. The maximum atomic E-state index is 4.81. The molecule has 0 saturated carbocycles. The van der Waals surface area contributed by atoms with Crippen molar-refractivity contribution >= 4 is 45.3 Å². The van der Waals surface area contributed by atoms with E-state index >= 15 is 0 Å². The molecule has 3 aromatic rings. The van der Waals surface area contributed by atoms with Gasteiger partial charge in [0.15, 0.2) is 5.65 Å². The van der Waals surface area contributed by atoms with E-state index in [0.717, 1.165) is 62.6 Å². The Kier molecular flexibility index (Phi) is 8.19. The quantitative estimate of drug-likeness (QED) is 0.244. The molecule has 0 bridgehead atoms. The standard InChI is InChI=1S/C31H35N5S/c1-8-22(16-25(9-2)34-21(6)19(3)4)23-10-11-28(32-7)27(17-23)20(5)30-35-29-26(24-13-15-37-18-24)12-14-33-31(29)36-30/h8-12,14,16-19,32,34H,2,5-6,13,15H2,1,3-4,7H3,(H,33,35,36)/b22-8+,25-16+. The number of allylic oxidation sites excluding steroid dienone is 6. The van der Waals surface area contributed by atoms with E-state index in [9.17, 15) is 0 Å². The van der Waals surface area contributed by atoms with Gasteiger partial charge in [0.05, 0.1) is 5.52 Å². The Hall–Kier alpha value is -3.77. The van der Waals surface area contributed by atoms with Gasteiger partial charge >= 0.3 is 0 Å². The van der Waals surface area contributed by atoms with Crippen LogP contribution in [0.1, 0.15) is 49.7 Å². The second-order valence-electron chi connectivity index (χ2n) is 9.25. The van der Waals surface area contributed by atoms with Gasteiger partial charge in [-0.3, -0.25) is 0 Å². The Morgan fingerprint density at radius 1 is 1.22 bits per heavy atom. The van der Waals surface area contributed by atoms with Crippen LogP contribution in [0.4, 0.5) is 5.69 Å². The van der Waals surface area contributed by atoms with Gasteiger partial charge in [0.2, 0.25) is 0 Å². The summed E-state index contributed by atoms with van der Waals surface area (Å²) < 4.78 is 0. The van der Waals surface area contributed by atoms with Crippen molar-refractivity contribution in [2.24, 2.45) is 5.92 Å². The number of hydrogen-bond acceptors (Lipinski definition) is 5. The first-order chi connectivity index (χ1) is 17.9. The highest BCUT2D eigenvalue weighted by atomic mass is 32.2. The third kappa shape index (κ3) is 5.65. The zero-order valence-electron chi connectivity index (χ0n) is 22.1. The number of aromatic amines is 1. The average Bonchev–Trinajstić information content (AvgIpc) is 3.60. The minimum Gasteiger partial charge on any atom is -0.388 e. The van der Waals surface area contributed by atoms with Gasteiger partial charge in [0.25, 0.3) is 0 Å². The number of H-pyrrole nitrogens is 1. The van der Waals surface area contributed by atoms with Crippen molar-refractivity contribution in [3.05, 3.63) is 108 Å². The summed E-state index contributed by atoms with van der Waals surface area (Å²) in [7, 11) is 1.92. The molecule has 1 aliphatic heterocycles. The van der Waals surface area contributed by atoms with Gasteiger partial charge in [-0.1, -0.05) is 45.7 Å². The van der Waals surface area contributed by atoms with Gasteiger partial charge in [-0.2, -0.15) is 0 Å². The normalized spacial score (nSPS) is 14.1. The van der Waals surface area contributed by atoms with Crippen LogP contribution >= 0.6 is 11.8 Å². The second-order valence-corrected chi connectivity index (χ2v) is 10.2. The molecule has 0 saturated heterocycles. The van der Waals surface area contributed by atoms with Gasteiger partial charge in [-0.05, 0) is 71.7 Å². The molecular formula is C31H35N5S. The Bertz CT molecular complexity index is 1450. The van der Waals surface area contributed by atoms with Crippen LogP contribution in [-0.2, 0) is 0 Å². The van der Waals surface area contributed by atoms with E-state index in [4.69, 9.17) is 4.98 Å². The summed E-state index contributed by atoms with van der Waals surface area (Å²) in [6.45, 7) is 18.8. The Labute approximate surface area is 224 Å². The zero-order valence-corrected chi connectivity index (χ0v) is 22.9. The lowest BCUT2D eigenvalue weighted by molar-refractivity contribution is 0.710. The van der Waals surface area contributed by atoms with Crippen molar-refractivity contribution < 1.29 is 0 Å². The summed E-state index contributed by atoms with van der Waals surface area (Å²) in [5.74, 6) is 2.15. The molecule has 3 heterocycles. The smallest absolute Gasteiger partial charge is 0.178 e. The number of pyridine rings is 1. The average molecular weight is 510 g/mol. The predicted molar refractivity (Wildman–Crippen MR) is 162 cm³/mol. The molecule has 2 aromatic heterocycles. The number of imidazole rings is 1. The molecule has 0 unspecified atom stereocenters. The highest BCUT2D eigenvalue weighted by Crippen LogP contribution is 2.35. The number of thioether (sulfide) groups is 1. The van der Waals surface area contributed by atoms with Crippen LogP contribution in [0.15, 0.2) is 85.2 Å². The number of nitrogens with zero attached hydrogens (tertiary/aromatic N) is 2. The lowest BCUT2D eigenvalue weighted by atomic mass is 9.96. The summed E-state index contributed by atoms with van der Waals surface area (Å²) >= 11 is 1.85. The topological polar surface area (TPSA) is 65.6 Å². The minimum absolute atomic E-state index is 0.324. The van der Waals surface area contributed by atoms with Crippen LogP contribution in [0.25, 0.3) is 27.9 Å². The van der Waals surface area contributed by atoms with E-state index in [1.54, 1.807) is 0 Å². The highest BCUT2D eigenvalue weighted by Gasteiger charge is 2.18. The van der Waals surface area contributed by atoms with E-state index in [1.165, 1.54) is 5.57 Å². The molecule has 0 fully saturated rings. The molecule has 3 N–H and O–H groups in total. The van der Waals surface area contributed by atoms with Crippen LogP contribution in [0.2, 0.25) is 0 Å². The molecule has 5 nitrogen and oxygen atoms in total. The first-order valence-electron chi connectivity index (χ1n) is 12.5. The number of rotatable bonds is 10. The van der Waals surface area contributed by atoms with Gasteiger partial charge in [-0.25, -0.2) is 9.97 Å². The first-order valence-corrected chi connectivity index (χ1v) is 13.5. The van der Waals surface area contributed by atoms with Gasteiger partial charge in [0, 0.05) is 52.8 Å². The lowest BCUT2D eigenvalue weighted by Crippen LogP contribution is -2.14. The van der Waals surface area contributed by atoms with Crippen molar-refractivity contribution in [1.29, 1.82) is 0 Å². The molecular weight excluding hydrogens is 474 g/mol. The summed E-state index contributed by atoms with van der Waals surface area (Å²) in [5, 5.41) is 8.92. The number of aromatic nitrogens is 3. The van der Waals surface area contributed by atoms with Crippen molar-refractivity contribution in [1.82, 2.24) is 20.3 Å². The Balaban J connectivity index is 1.72.